The van der Waals surface area contributed by atoms with Crippen LogP contribution in [-0.4, -0.2) is 9.55 Å². The Balaban J connectivity index is 0.00000897. The fourth-order valence-corrected chi connectivity index (χ4v) is 12.3. The first-order valence-corrected chi connectivity index (χ1v) is 29.4. The van der Waals surface area contributed by atoms with Crippen molar-refractivity contribution in [2.45, 2.75) is 130 Å². The Kier molecular flexibility index (Phi) is 11.7. The molecule has 436 valence electrons. The fraction of sp³-hybridized carbons (Fsp3) is 0.250. The van der Waals surface area contributed by atoms with E-state index >= 15 is 0 Å². The van der Waals surface area contributed by atoms with Gasteiger partial charge in [-0.1, -0.05) is 235 Å². The molecule has 0 saturated carbocycles. The second kappa shape index (κ2) is 21.8. The third-order valence-corrected chi connectivity index (χ3v) is 17.1. The Hall–Kier alpha value is -7.98. The van der Waals surface area contributed by atoms with Crippen LogP contribution < -0.4 is 14.5 Å². The summed E-state index contributed by atoms with van der Waals surface area (Å²) in [5.74, 6) is 1.07. The van der Waals surface area contributed by atoms with Gasteiger partial charge in [-0.2, -0.15) is 12.1 Å². The van der Waals surface area contributed by atoms with Crippen molar-refractivity contribution in [3.8, 4) is 61.8 Å². The zero-order chi connectivity index (χ0) is 68.9. The molecule has 0 radical (unpaired) electrons. The minimum atomic E-state index is -0.795. The van der Waals surface area contributed by atoms with Gasteiger partial charge in [0.25, 0.3) is 0 Å². The van der Waals surface area contributed by atoms with Crippen LogP contribution in [0.3, 0.4) is 0 Å². The number of pyridine rings is 1. The van der Waals surface area contributed by atoms with E-state index in [4.69, 9.17) is 12.5 Å². The van der Waals surface area contributed by atoms with E-state index in [9.17, 15) is 12.3 Å². The van der Waals surface area contributed by atoms with Gasteiger partial charge in [-0.15, -0.1) is 48.1 Å². The van der Waals surface area contributed by atoms with Gasteiger partial charge in [0.15, 0.2) is 0 Å². The van der Waals surface area contributed by atoms with Gasteiger partial charge < -0.3 is 19.1 Å². The van der Waals surface area contributed by atoms with Crippen LogP contribution in [0.1, 0.15) is 146 Å². The minimum absolute atomic E-state index is 0. The minimum Gasteiger partial charge on any atom is -0.509 e. The first-order valence-electron chi connectivity index (χ1n) is 34.9. The van der Waals surface area contributed by atoms with E-state index in [0.29, 0.717) is 55.9 Å². The summed E-state index contributed by atoms with van der Waals surface area (Å²) in [5, 5.41) is 0.869. The van der Waals surface area contributed by atoms with Gasteiger partial charge in [0, 0.05) is 78.0 Å². The average Bonchev–Trinajstić information content (AvgIpc) is 1.72. The quantitative estimate of drug-likeness (QED) is 0.135. The Labute approximate surface area is 540 Å². The number of hydrogen-bond donors (Lipinski definition) is 0. The molecule has 0 saturated heterocycles. The van der Waals surface area contributed by atoms with Crippen molar-refractivity contribution >= 4 is 44.6 Å². The summed E-state index contributed by atoms with van der Waals surface area (Å²) in [4.78, 5) is 9.05. The Bertz CT molecular complexity index is 5030. The van der Waals surface area contributed by atoms with Crippen LogP contribution in [0, 0.1) is 18.8 Å². The molecular weight excluding hydrogens is 1230 g/mol. The number of rotatable bonds is 9. The monoisotopic (exact) mass is 1320 g/mol. The van der Waals surface area contributed by atoms with E-state index in [1.54, 1.807) is 22.8 Å². The number of ether oxygens (including phenoxy) is 1. The molecule has 5 nitrogen and oxygen atoms in total. The number of benzene rings is 9. The van der Waals surface area contributed by atoms with E-state index in [2.05, 4.69) is 78.8 Å². The third kappa shape index (κ3) is 10.6. The molecule has 0 atom stereocenters. The van der Waals surface area contributed by atoms with Gasteiger partial charge in [0.1, 0.15) is 5.82 Å². The molecule has 11 aromatic rings. The van der Waals surface area contributed by atoms with Crippen molar-refractivity contribution in [2.24, 2.45) is 0 Å². The second-order valence-corrected chi connectivity index (χ2v) is 27.2. The molecule has 0 spiro atoms. The molecule has 86 heavy (non-hydrogen) atoms. The number of aromatic nitrogens is 2. The Morgan fingerprint density at radius 3 is 1.85 bits per heavy atom. The number of para-hydroxylation sites is 4. The molecule has 6 heteroatoms. The van der Waals surface area contributed by atoms with Crippen molar-refractivity contribution in [1.82, 2.24) is 9.55 Å². The SMILES string of the molecule is [2H]c1c([2H])c(-c2c([2H])c([2H])c(C(C)(C)C)c([2H])c2C(C)(C)C)c([2H])c([2H])c1-c1cccc(-c2ccc3c(c2)C(C)(C)CCC3(C)C)c1N1[CH-]N(c2[c-]c(Oc3[c-]c4c(cc3)c3c([2H])c([2H])c([2H])c([2H])c3n4-c3cc(C(C)(C)C)c(-c4ccccc4)cn3)ccc2)c2ccccc21.[Pt]. The maximum atomic E-state index is 10.1. The normalized spacial score (nSPS) is 16.5. The first kappa shape index (κ1) is 46.3. The van der Waals surface area contributed by atoms with E-state index < -0.39 is 10.8 Å². The van der Waals surface area contributed by atoms with Crippen LogP contribution in [0.4, 0.5) is 22.7 Å². The molecule has 1 aliphatic carbocycles. The molecule has 1 aliphatic heterocycles. The van der Waals surface area contributed by atoms with Gasteiger partial charge >= 0.3 is 0 Å². The predicted molar refractivity (Wildman–Crippen MR) is 357 cm³/mol. The van der Waals surface area contributed by atoms with Crippen molar-refractivity contribution in [3.63, 3.8) is 0 Å². The smallest absolute Gasteiger partial charge is 0.135 e. The molecule has 13 rings (SSSR count). The molecule has 0 unspecified atom stereocenters. The van der Waals surface area contributed by atoms with Crippen molar-refractivity contribution in [3.05, 3.63) is 247 Å². The molecule has 0 bridgehead atoms. The van der Waals surface area contributed by atoms with Gasteiger partial charge in [-0.05, 0) is 125 Å². The zero-order valence-corrected chi connectivity index (χ0v) is 53.5. The van der Waals surface area contributed by atoms with Crippen LogP contribution in [0.15, 0.2) is 200 Å². The molecule has 0 fully saturated rings. The summed E-state index contributed by atoms with van der Waals surface area (Å²) in [6.07, 6.45) is 3.84. The molecule has 0 amide bonds. The Morgan fingerprint density at radius 1 is 0.523 bits per heavy atom. The van der Waals surface area contributed by atoms with Gasteiger partial charge in [-0.25, -0.2) is 4.98 Å². The molecule has 3 heterocycles. The molecule has 2 aromatic heterocycles. The van der Waals surface area contributed by atoms with E-state index in [1.807, 2.05) is 155 Å². The summed E-state index contributed by atoms with van der Waals surface area (Å²) in [5.41, 5.74) is 9.59. The molecule has 2 aliphatic rings. The summed E-state index contributed by atoms with van der Waals surface area (Å²) < 4.78 is 113. The van der Waals surface area contributed by atoms with E-state index in [0.717, 1.165) is 52.0 Å². The fourth-order valence-electron chi connectivity index (χ4n) is 12.3. The number of fused-ring (bicyclic) bond motifs is 5. The third-order valence-electron chi connectivity index (χ3n) is 17.1. The first-order chi connectivity index (χ1) is 45.1. The van der Waals surface area contributed by atoms with Crippen molar-refractivity contribution < 1.29 is 40.9 Å². The molecule has 9 aromatic carbocycles. The van der Waals surface area contributed by atoms with Gasteiger partial charge in [-0.3, -0.25) is 0 Å². The van der Waals surface area contributed by atoms with Crippen LogP contribution in [0.2, 0.25) is 0 Å². The van der Waals surface area contributed by atoms with E-state index in [-0.39, 0.29) is 132 Å². The van der Waals surface area contributed by atoms with Crippen molar-refractivity contribution in [2.75, 3.05) is 9.80 Å². The largest absolute Gasteiger partial charge is 0.509 e. The number of nitrogens with zero attached hydrogens (tertiary/aromatic N) is 4. The standard InChI is InChI=1S/C80H77N4O.Pt/c1-76(2,3)56-38-40-60(67(46-56)77(4,5)6)53-33-35-54(36-34-53)61-28-22-29-62(55-37-42-66-69(45-55)80(12,13)44-43-79(66,10)11)75(61)83-51-82(71-31-19-20-32-72(71)83)57-25-21-26-58(47-57)85-59-39-41-64-63-27-17-18-30-70(63)84(73(64)48-59)74-49-68(78(7,8)9)65(50-81-74)52-23-15-14-16-24-52;/h14-42,45-46,49-51H,43-44H2,1-13H3;/q-3;/i17D,18D,27D,30D,33D,34D,35D,36D,38D,40D,46D;. The van der Waals surface area contributed by atoms with Gasteiger partial charge in [0.05, 0.1) is 15.1 Å². The number of hydrogen-bond acceptors (Lipinski definition) is 4. The second-order valence-electron chi connectivity index (χ2n) is 27.2. The summed E-state index contributed by atoms with van der Waals surface area (Å²) in [7, 11) is 0. The maximum Gasteiger partial charge on any atom is 0.135 e. The van der Waals surface area contributed by atoms with Crippen LogP contribution >= 0.6 is 0 Å². The number of anilines is 4. The molecular formula is C80H77N4OPt-3. The topological polar surface area (TPSA) is 33.5 Å². The van der Waals surface area contributed by atoms with Gasteiger partial charge in [0.2, 0.25) is 0 Å². The van der Waals surface area contributed by atoms with E-state index in [1.165, 1.54) is 11.1 Å². The zero-order valence-electron chi connectivity index (χ0n) is 62.2. The van der Waals surface area contributed by atoms with Crippen LogP contribution in [-0.2, 0) is 48.1 Å². The van der Waals surface area contributed by atoms with Crippen LogP contribution in [0.5, 0.6) is 11.5 Å². The van der Waals surface area contributed by atoms with Crippen molar-refractivity contribution in [1.29, 1.82) is 0 Å². The summed E-state index contributed by atoms with van der Waals surface area (Å²) in [6, 6.07) is 45.5. The molecule has 0 N–H and O–H groups in total. The van der Waals surface area contributed by atoms with Crippen LogP contribution in [0.25, 0.3) is 72.1 Å². The average molecular weight is 1320 g/mol. The summed E-state index contributed by atoms with van der Waals surface area (Å²) in [6.45, 7) is 28.9. The predicted octanol–water partition coefficient (Wildman–Crippen LogP) is 21.9. The Morgan fingerprint density at radius 2 is 1.15 bits per heavy atom. The maximum absolute atomic E-state index is 10.1. The summed E-state index contributed by atoms with van der Waals surface area (Å²) >= 11 is 0.